The largest absolute Gasteiger partial charge is 0.480 e. The van der Waals surface area contributed by atoms with E-state index < -0.39 is 24.0 Å². The molecule has 2 atom stereocenters. The van der Waals surface area contributed by atoms with Gasteiger partial charge in [-0.15, -0.1) is 11.3 Å². The highest BCUT2D eigenvalue weighted by atomic mass is 32.1. The maximum Gasteiger partial charge on any atom is 0.325 e. The number of hydrogen-bond acceptors (Lipinski definition) is 4. The van der Waals surface area contributed by atoms with Crippen LogP contribution in [0, 0.1) is 5.92 Å². The summed E-state index contributed by atoms with van der Waals surface area (Å²) < 4.78 is 0. The zero-order valence-electron chi connectivity index (χ0n) is 11.5. The molecular weight excluding hydrogens is 280 g/mol. The highest BCUT2D eigenvalue weighted by molar-refractivity contribution is 7.12. The van der Waals surface area contributed by atoms with Crippen molar-refractivity contribution in [3.63, 3.8) is 0 Å². The second kappa shape index (κ2) is 7.04. The Bertz CT molecular complexity index is 485. The van der Waals surface area contributed by atoms with Gasteiger partial charge in [-0.1, -0.05) is 19.9 Å². The molecule has 0 aliphatic heterocycles. The summed E-state index contributed by atoms with van der Waals surface area (Å²) in [6, 6.07) is 1.64. The molecule has 0 radical (unpaired) electrons. The number of nitrogens with one attached hydrogen (secondary N) is 2. The van der Waals surface area contributed by atoms with Crippen LogP contribution < -0.4 is 10.6 Å². The summed E-state index contributed by atoms with van der Waals surface area (Å²) in [7, 11) is 0. The Labute approximate surface area is 121 Å². The average molecular weight is 298 g/mol. The summed E-state index contributed by atoms with van der Waals surface area (Å²) in [5.74, 6) is -2.11. The van der Waals surface area contributed by atoms with E-state index in [0.717, 1.165) is 0 Å². The lowest BCUT2D eigenvalue weighted by Crippen LogP contribution is -2.52. The molecule has 7 heteroatoms. The van der Waals surface area contributed by atoms with Gasteiger partial charge in [-0.05, 0) is 24.3 Å². The molecule has 0 aromatic carbocycles. The van der Waals surface area contributed by atoms with Gasteiger partial charge in [0.1, 0.15) is 12.1 Å². The number of hydrogen-bond donors (Lipinski definition) is 3. The topological polar surface area (TPSA) is 95.5 Å². The third-order valence-corrected chi connectivity index (χ3v) is 3.58. The Hall–Kier alpha value is -1.89. The molecule has 0 spiro atoms. The minimum atomic E-state index is -1.12. The van der Waals surface area contributed by atoms with Gasteiger partial charge in [-0.25, -0.2) is 0 Å². The molecule has 1 rings (SSSR count). The van der Waals surface area contributed by atoms with Crippen LogP contribution in [0.25, 0.3) is 0 Å². The van der Waals surface area contributed by atoms with E-state index in [4.69, 9.17) is 5.11 Å². The molecule has 0 fully saturated rings. The molecule has 2 unspecified atom stereocenters. The molecule has 0 saturated heterocycles. The van der Waals surface area contributed by atoms with Gasteiger partial charge >= 0.3 is 5.97 Å². The standard InChI is InChI=1S/C13H18N2O4S/c1-7(2)10(12(17)14-8(3)13(18)19)15-11(16)9-5-4-6-20-9/h4-8,10H,1-3H3,(H,14,17)(H,15,16)(H,18,19). The molecule has 0 aliphatic rings. The van der Waals surface area contributed by atoms with Crippen LogP contribution in [0.4, 0.5) is 0 Å². The van der Waals surface area contributed by atoms with Gasteiger partial charge in [0, 0.05) is 0 Å². The van der Waals surface area contributed by atoms with Gasteiger partial charge in [0.2, 0.25) is 5.91 Å². The van der Waals surface area contributed by atoms with E-state index in [-0.39, 0.29) is 11.8 Å². The van der Waals surface area contributed by atoms with Crippen LogP contribution in [0.5, 0.6) is 0 Å². The molecule has 0 saturated carbocycles. The van der Waals surface area contributed by atoms with E-state index >= 15 is 0 Å². The lowest BCUT2D eigenvalue weighted by molar-refractivity contribution is -0.141. The number of carboxylic acids is 1. The average Bonchev–Trinajstić information content (AvgIpc) is 2.88. The Morgan fingerprint density at radius 1 is 1.20 bits per heavy atom. The number of carboxylic acid groups (broad SMARTS) is 1. The van der Waals surface area contributed by atoms with E-state index in [2.05, 4.69) is 10.6 Å². The molecule has 20 heavy (non-hydrogen) atoms. The summed E-state index contributed by atoms with van der Waals surface area (Å²) in [5.41, 5.74) is 0. The molecule has 6 nitrogen and oxygen atoms in total. The third-order valence-electron chi connectivity index (χ3n) is 2.71. The normalized spacial score (nSPS) is 13.6. The maximum atomic E-state index is 12.0. The van der Waals surface area contributed by atoms with Crippen LogP contribution >= 0.6 is 11.3 Å². The lowest BCUT2D eigenvalue weighted by Gasteiger charge is -2.22. The fourth-order valence-corrected chi connectivity index (χ4v) is 2.15. The van der Waals surface area contributed by atoms with E-state index in [1.165, 1.54) is 18.3 Å². The first kappa shape index (κ1) is 16.2. The molecule has 0 bridgehead atoms. The van der Waals surface area contributed by atoms with E-state index in [9.17, 15) is 14.4 Å². The van der Waals surface area contributed by atoms with Crippen molar-refractivity contribution < 1.29 is 19.5 Å². The number of carbonyl (C=O) groups excluding carboxylic acids is 2. The van der Waals surface area contributed by atoms with Crippen LogP contribution in [0.3, 0.4) is 0 Å². The van der Waals surface area contributed by atoms with Gasteiger partial charge in [0.05, 0.1) is 4.88 Å². The second-order valence-electron chi connectivity index (χ2n) is 4.74. The van der Waals surface area contributed by atoms with Gasteiger partial charge in [0.25, 0.3) is 5.91 Å². The van der Waals surface area contributed by atoms with E-state index in [0.29, 0.717) is 4.88 Å². The van der Waals surface area contributed by atoms with Crippen molar-refractivity contribution in [2.45, 2.75) is 32.9 Å². The quantitative estimate of drug-likeness (QED) is 0.732. The van der Waals surface area contributed by atoms with Gasteiger partial charge in [-0.2, -0.15) is 0 Å². The van der Waals surface area contributed by atoms with Crippen LogP contribution in [0.15, 0.2) is 17.5 Å². The molecule has 1 aromatic rings. The minimum Gasteiger partial charge on any atom is -0.480 e. The lowest BCUT2D eigenvalue weighted by atomic mass is 10.0. The van der Waals surface area contributed by atoms with Gasteiger partial charge in [-0.3, -0.25) is 14.4 Å². The van der Waals surface area contributed by atoms with Crippen molar-refractivity contribution in [1.29, 1.82) is 0 Å². The molecule has 0 aliphatic carbocycles. The predicted octanol–water partition coefficient (Wildman–Crippen LogP) is 1.09. The fraction of sp³-hybridized carbons (Fsp3) is 0.462. The SMILES string of the molecule is CC(NC(=O)C(NC(=O)c1cccs1)C(C)C)C(=O)O. The fourth-order valence-electron chi connectivity index (χ4n) is 1.52. The summed E-state index contributed by atoms with van der Waals surface area (Å²) in [6.45, 7) is 4.94. The highest BCUT2D eigenvalue weighted by Crippen LogP contribution is 2.10. The van der Waals surface area contributed by atoms with Crippen molar-refractivity contribution in [3.05, 3.63) is 22.4 Å². The van der Waals surface area contributed by atoms with Crippen LogP contribution in [0.2, 0.25) is 0 Å². The first-order valence-corrected chi connectivity index (χ1v) is 7.08. The zero-order chi connectivity index (χ0) is 15.3. The van der Waals surface area contributed by atoms with Crippen LogP contribution in [-0.4, -0.2) is 35.0 Å². The molecular formula is C13H18N2O4S. The molecule has 1 heterocycles. The number of carbonyl (C=O) groups is 3. The first-order valence-electron chi connectivity index (χ1n) is 6.20. The molecule has 3 N–H and O–H groups in total. The number of thiophene rings is 1. The minimum absolute atomic E-state index is 0.153. The van der Waals surface area contributed by atoms with Crippen LogP contribution in [0.1, 0.15) is 30.4 Å². The number of aliphatic carboxylic acids is 1. The van der Waals surface area contributed by atoms with Crippen molar-refractivity contribution >= 4 is 29.1 Å². The number of rotatable bonds is 6. The Kier molecular flexibility index (Phi) is 5.69. The zero-order valence-corrected chi connectivity index (χ0v) is 12.4. The van der Waals surface area contributed by atoms with E-state index in [1.54, 1.807) is 31.4 Å². The summed E-state index contributed by atoms with van der Waals surface area (Å²) in [4.78, 5) is 35.2. The molecule has 110 valence electrons. The Balaban J connectivity index is 2.72. The van der Waals surface area contributed by atoms with Gasteiger partial charge < -0.3 is 15.7 Å². The summed E-state index contributed by atoms with van der Waals surface area (Å²) in [6.07, 6.45) is 0. The van der Waals surface area contributed by atoms with Crippen molar-refractivity contribution in [1.82, 2.24) is 10.6 Å². The smallest absolute Gasteiger partial charge is 0.325 e. The second-order valence-corrected chi connectivity index (χ2v) is 5.69. The molecule has 1 aromatic heterocycles. The monoisotopic (exact) mass is 298 g/mol. The third kappa shape index (κ3) is 4.34. The Morgan fingerprint density at radius 3 is 2.30 bits per heavy atom. The van der Waals surface area contributed by atoms with E-state index in [1.807, 2.05) is 0 Å². The van der Waals surface area contributed by atoms with Crippen LogP contribution in [-0.2, 0) is 9.59 Å². The van der Waals surface area contributed by atoms with Crippen molar-refractivity contribution in [2.75, 3.05) is 0 Å². The highest BCUT2D eigenvalue weighted by Gasteiger charge is 2.27. The maximum absolute atomic E-state index is 12.0. The Morgan fingerprint density at radius 2 is 1.85 bits per heavy atom. The number of amides is 2. The van der Waals surface area contributed by atoms with Crippen molar-refractivity contribution in [2.24, 2.45) is 5.92 Å². The van der Waals surface area contributed by atoms with Crippen molar-refractivity contribution in [3.8, 4) is 0 Å². The predicted molar refractivity (Wildman–Crippen MR) is 75.7 cm³/mol. The summed E-state index contributed by atoms with van der Waals surface area (Å²) in [5, 5.41) is 15.5. The molecule has 2 amide bonds. The van der Waals surface area contributed by atoms with Gasteiger partial charge in [0.15, 0.2) is 0 Å². The summed E-state index contributed by atoms with van der Waals surface area (Å²) >= 11 is 1.28. The first-order chi connectivity index (χ1) is 9.32.